The Morgan fingerprint density at radius 3 is 2.00 bits per heavy atom. The minimum absolute atomic E-state index is 0.293. The monoisotopic (exact) mass is 378 g/mol. The van der Waals surface area contributed by atoms with Gasteiger partial charge in [-0.1, -0.05) is 12.8 Å². The van der Waals surface area contributed by atoms with Crippen molar-refractivity contribution >= 4 is 10.0 Å². The molecule has 0 bridgehead atoms. The number of hydrogen-bond acceptors (Lipinski definition) is 4. The molecular weight excluding hydrogens is 348 g/mol. The summed E-state index contributed by atoms with van der Waals surface area (Å²) in [4.78, 5) is 2.86. The predicted molar refractivity (Wildman–Crippen MR) is 102 cm³/mol. The van der Waals surface area contributed by atoms with Gasteiger partial charge in [0.2, 0.25) is 10.0 Å². The summed E-state index contributed by atoms with van der Waals surface area (Å²) in [6.45, 7) is 2.90. The Morgan fingerprint density at radius 1 is 0.808 bits per heavy atom. The van der Waals surface area contributed by atoms with Gasteiger partial charge in [0.05, 0.1) is 11.0 Å². The molecule has 6 heteroatoms. The summed E-state index contributed by atoms with van der Waals surface area (Å²) in [5.74, 6) is 0.780. The first kappa shape index (κ1) is 18.3. The van der Waals surface area contributed by atoms with Gasteiger partial charge in [0.1, 0.15) is 5.75 Å². The number of sulfonamides is 1. The molecule has 0 spiro atoms. The molecule has 0 unspecified atom stereocenters. The Morgan fingerprint density at radius 2 is 1.38 bits per heavy atom. The van der Waals surface area contributed by atoms with Gasteiger partial charge in [-0.05, 0) is 62.8 Å². The molecule has 5 nitrogen and oxygen atoms in total. The third-order valence-corrected chi connectivity index (χ3v) is 8.09. The lowest BCUT2D eigenvalue weighted by Crippen LogP contribution is -2.51. The standard InChI is InChI=1S/C20H30N2O3S/c23-26(24,22-15-13-21(14-16-22)17-5-1-2-6-17)20-11-9-19(10-12-20)25-18-7-3-4-8-18/h9-12,17-18H,1-8,13-16H2. The SMILES string of the molecule is O=S(=O)(c1ccc(OC2CCCC2)cc1)N1CCN(C2CCCC2)CC1. The first-order chi connectivity index (χ1) is 12.6. The van der Waals surface area contributed by atoms with E-state index in [1.165, 1.54) is 38.5 Å². The van der Waals surface area contributed by atoms with Gasteiger partial charge in [-0.15, -0.1) is 0 Å². The quantitative estimate of drug-likeness (QED) is 0.789. The van der Waals surface area contributed by atoms with Crippen molar-refractivity contribution in [2.75, 3.05) is 26.2 Å². The van der Waals surface area contributed by atoms with Crippen molar-refractivity contribution in [1.29, 1.82) is 0 Å². The Bertz CT molecular complexity index is 684. The second-order valence-electron chi connectivity index (χ2n) is 7.87. The second-order valence-corrected chi connectivity index (χ2v) is 9.81. The van der Waals surface area contributed by atoms with E-state index in [0.29, 0.717) is 30.1 Å². The Balaban J connectivity index is 1.37. The van der Waals surface area contributed by atoms with Gasteiger partial charge in [-0.25, -0.2) is 8.42 Å². The summed E-state index contributed by atoms with van der Waals surface area (Å²) in [6, 6.07) is 7.68. The van der Waals surface area contributed by atoms with E-state index in [0.717, 1.165) is 31.7 Å². The molecule has 144 valence electrons. The molecule has 1 aromatic rings. The Hall–Kier alpha value is -1.11. The van der Waals surface area contributed by atoms with E-state index < -0.39 is 10.0 Å². The Labute approximate surface area is 157 Å². The van der Waals surface area contributed by atoms with E-state index in [2.05, 4.69) is 4.90 Å². The van der Waals surface area contributed by atoms with Crippen LogP contribution in [0.5, 0.6) is 5.75 Å². The van der Waals surface area contributed by atoms with Crippen LogP contribution in [0.2, 0.25) is 0 Å². The van der Waals surface area contributed by atoms with Crippen molar-refractivity contribution in [1.82, 2.24) is 9.21 Å². The highest BCUT2D eigenvalue weighted by Crippen LogP contribution is 2.28. The van der Waals surface area contributed by atoms with Crippen LogP contribution in [0.15, 0.2) is 29.2 Å². The summed E-state index contributed by atoms with van der Waals surface area (Å²) in [6.07, 6.45) is 10.1. The molecule has 2 aliphatic carbocycles. The lowest BCUT2D eigenvalue weighted by molar-refractivity contribution is 0.139. The van der Waals surface area contributed by atoms with Gasteiger partial charge < -0.3 is 4.74 Å². The summed E-state index contributed by atoms with van der Waals surface area (Å²) in [7, 11) is -3.40. The molecule has 0 N–H and O–H groups in total. The lowest BCUT2D eigenvalue weighted by Gasteiger charge is -2.37. The molecule has 3 aliphatic rings. The molecule has 3 fully saturated rings. The van der Waals surface area contributed by atoms with Gasteiger partial charge in [0, 0.05) is 32.2 Å². The lowest BCUT2D eigenvalue weighted by atomic mass is 10.2. The van der Waals surface area contributed by atoms with Crippen LogP contribution in [0.25, 0.3) is 0 Å². The Kier molecular flexibility index (Phi) is 5.53. The average molecular weight is 379 g/mol. The number of hydrogen-bond donors (Lipinski definition) is 0. The smallest absolute Gasteiger partial charge is 0.243 e. The summed E-state index contributed by atoms with van der Waals surface area (Å²) in [5, 5.41) is 0. The summed E-state index contributed by atoms with van der Waals surface area (Å²) >= 11 is 0. The third-order valence-electron chi connectivity index (χ3n) is 6.18. The van der Waals surface area contributed by atoms with Crippen LogP contribution in [0, 0.1) is 0 Å². The fourth-order valence-electron chi connectivity index (χ4n) is 4.62. The first-order valence-corrected chi connectivity index (χ1v) is 11.6. The molecule has 0 atom stereocenters. The van der Waals surface area contributed by atoms with Crippen LogP contribution in [0.1, 0.15) is 51.4 Å². The fourth-order valence-corrected chi connectivity index (χ4v) is 6.04. The van der Waals surface area contributed by atoms with Crippen LogP contribution in [-0.2, 0) is 10.0 Å². The molecule has 1 aliphatic heterocycles. The van der Waals surface area contributed by atoms with Crippen LogP contribution in [0.4, 0.5) is 0 Å². The van der Waals surface area contributed by atoms with Crippen molar-refractivity contribution < 1.29 is 13.2 Å². The first-order valence-electron chi connectivity index (χ1n) is 10.1. The van der Waals surface area contributed by atoms with E-state index in [1.54, 1.807) is 28.6 Å². The molecular formula is C20H30N2O3S. The number of piperazine rings is 1. The summed E-state index contributed by atoms with van der Waals surface area (Å²) in [5.41, 5.74) is 0. The van der Waals surface area contributed by atoms with Gasteiger partial charge in [-0.3, -0.25) is 4.90 Å². The number of ether oxygens (including phenoxy) is 1. The van der Waals surface area contributed by atoms with E-state index in [-0.39, 0.29) is 0 Å². The largest absolute Gasteiger partial charge is 0.490 e. The predicted octanol–water partition coefficient (Wildman–Crippen LogP) is 3.26. The summed E-state index contributed by atoms with van der Waals surface area (Å²) < 4.78 is 33.5. The van der Waals surface area contributed by atoms with Crippen molar-refractivity contribution in [3.63, 3.8) is 0 Å². The maximum Gasteiger partial charge on any atom is 0.243 e. The zero-order valence-corrected chi connectivity index (χ0v) is 16.3. The molecule has 2 saturated carbocycles. The van der Waals surface area contributed by atoms with Gasteiger partial charge in [0.15, 0.2) is 0 Å². The fraction of sp³-hybridized carbons (Fsp3) is 0.700. The van der Waals surface area contributed by atoms with E-state index >= 15 is 0 Å². The maximum atomic E-state index is 12.9. The maximum absolute atomic E-state index is 12.9. The molecule has 0 amide bonds. The van der Waals surface area contributed by atoms with Crippen LogP contribution < -0.4 is 4.74 Å². The zero-order valence-electron chi connectivity index (χ0n) is 15.5. The minimum atomic E-state index is -3.40. The zero-order chi connectivity index (χ0) is 18.0. The topological polar surface area (TPSA) is 49.9 Å². The third kappa shape index (κ3) is 3.92. The van der Waals surface area contributed by atoms with Crippen LogP contribution in [0.3, 0.4) is 0 Å². The van der Waals surface area contributed by atoms with Crippen molar-refractivity contribution in [2.24, 2.45) is 0 Å². The number of nitrogens with zero attached hydrogens (tertiary/aromatic N) is 2. The normalized spacial score (nSPS) is 24.3. The molecule has 1 heterocycles. The van der Waals surface area contributed by atoms with Crippen molar-refractivity contribution in [3.8, 4) is 5.75 Å². The highest BCUT2D eigenvalue weighted by atomic mass is 32.2. The van der Waals surface area contributed by atoms with Gasteiger partial charge in [0.25, 0.3) is 0 Å². The van der Waals surface area contributed by atoms with Crippen LogP contribution >= 0.6 is 0 Å². The van der Waals surface area contributed by atoms with Crippen LogP contribution in [-0.4, -0.2) is 55.9 Å². The number of rotatable bonds is 5. The van der Waals surface area contributed by atoms with E-state index in [9.17, 15) is 8.42 Å². The molecule has 1 aromatic carbocycles. The molecule has 4 rings (SSSR count). The second kappa shape index (κ2) is 7.87. The van der Waals surface area contributed by atoms with Crippen molar-refractivity contribution in [2.45, 2.75) is 68.4 Å². The highest BCUT2D eigenvalue weighted by Gasteiger charge is 2.32. The molecule has 26 heavy (non-hydrogen) atoms. The van der Waals surface area contributed by atoms with Gasteiger partial charge >= 0.3 is 0 Å². The highest BCUT2D eigenvalue weighted by molar-refractivity contribution is 7.89. The average Bonchev–Trinajstić information content (AvgIpc) is 3.36. The molecule has 0 aromatic heterocycles. The molecule has 0 radical (unpaired) electrons. The molecule has 1 saturated heterocycles. The minimum Gasteiger partial charge on any atom is -0.490 e. The number of benzene rings is 1. The van der Waals surface area contributed by atoms with E-state index in [1.807, 2.05) is 0 Å². The van der Waals surface area contributed by atoms with Gasteiger partial charge in [-0.2, -0.15) is 4.31 Å². The van der Waals surface area contributed by atoms with Crippen molar-refractivity contribution in [3.05, 3.63) is 24.3 Å². The van der Waals surface area contributed by atoms with E-state index in [4.69, 9.17) is 4.74 Å².